The Hall–Kier alpha value is -2.60. The molecule has 2 aliphatic rings. The highest BCUT2D eigenvalue weighted by Gasteiger charge is 2.39. The molecule has 2 aliphatic heterocycles. The standard InChI is InChI=1S/C22H23ClFN3O2/c23-19-4-2-1-3-16(19)15-27-20(9-10-21(27)28)22(29)26-13-11-25(12-14-26)18-7-5-17(24)6-8-18/h1-8,20H,9-15H2/t20-/m0/s1. The third-order valence-corrected chi connectivity index (χ3v) is 6.06. The summed E-state index contributed by atoms with van der Waals surface area (Å²) < 4.78 is 13.1. The minimum Gasteiger partial charge on any atom is -0.368 e. The second-order valence-corrected chi connectivity index (χ2v) is 7.86. The van der Waals surface area contributed by atoms with Crippen molar-refractivity contribution in [1.29, 1.82) is 0 Å². The zero-order chi connectivity index (χ0) is 20.4. The number of carbonyl (C=O) groups is 2. The number of nitrogens with zero attached hydrogens (tertiary/aromatic N) is 3. The Balaban J connectivity index is 1.40. The molecule has 0 aliphatic carbocycles. The van der Waals surface area contributed by atoms with E-state index in [0.29, 0.717) is 50.6 Å². The maximum atomic E-state index is 13.2. The molecular formula is C22H23ClFN3O2. The number of hydrogen-bond donors (Lipinski definition) is 0. The molecule has 7 heteroatoms. The number of amides is 2. The second-order valence-electron chi connectivity index (χ2n) is 7.46. The summed E-state index contributed by atoms with van der Waals surface area (Å²) in [4.78, 5) is 31.2. The number of carbonyl (C=O) groups excluding carboxylic acids is 2. The summed E-state index contributed by atoms with van der Waals surface area (Å²) in [6.45, 7) is 2.89. The lowest BCUT2D eigenvalue weighted by Gasteiger charge is -2.38. The molecule has 2 aromatic rings. The maximum absolute atomic E-state index is 13.2. The first-order valence-corrected chi connectivity index (χ1v) is 10.2. The van der Waals surface area contributed by atoms with E-state index in [1.165, 1.54) is 12.1 Å². The van der Waals surface area contributed by atoms with Crippen molar-refractivity contribution in [3.05, 3.63) is 64.9 Å². The van der Waals surface area contributed by atoms with Crippen molar-refractivity contribution in [3.63, 3.8) is 0 Å². The van der Waals surface area contributed by atoms with Crippen molar-refractivity contribution in [2.45, 2.75) is 25.4 Å². The zero-order valence-electron chi connectivity index (χ0n) is 16.1. The van der Waals surface area contributed by atoms with Gasteiger partial charge >= 0.3 is 0 Å². The molecule has 1 atom stereocenters. The molecule has 5 nitrogen and oxygen atoms in total. The molecule has 0 unspecified atom stereocenters. The van der Waals surface area contributed by atoms with E-state index in [1.54, 1.807) is 23.1 Å². The van der Waals surface area contributed by atoms with E-state index in [1.807, 2.05) is 23.1 Å². The molecule has 152 valence electrons. The van der Waals surface area contributed by atoms with Gasteiger partial charge in [-0.05, 0) is 42.3 Å². The van der Waals surface area contributed by atoms with Gasteiger partial charge in [0.15, 0.2) is 0 Å². The summed E-state index contributed by atoms with van der Waals surface area (Å²) in [6, 6.07) is 13.4. The van der Waals surface area contributed by atoms with Gasteiger partial charge < -0.3 is 14.7 Å². The number of benzene rings is 2. The fraction of sp³-hybridized carbons (Fsp3) is 0.364. The molecule has 0 aromatic heterocycles. The lowest BCUT2D eigenvalue weighted by atomic mass is 10.1. The molecule has 0 bridgehead atoms. The average Bonchev–Trinajstić information content (AvgIpc) is 3.10. The van der Waals surface area contributed by atoms with E-state index >= 15 is 0 Å². The van der Waals surface area contributed by atoms with Crippen LogP contribution in [0, 0.1) is 5.82 Å². The lowest BCUT2D eigenvalue weighted by Crippen LogP contribution is -2.54. The van der Waals surface area contributed by atoms with Gasteiger partial charge in [-0.15, -0.1) is 0 Å². The average molecular weight is 416 g/mol. The third-order valence-electron chi connectivity index (χ3n) is 5.69. The van der Waals surface area contributed by atoms with E-state index < -0.39 is 6.04 Å². The van der Waals surface area contributed by atoms with E-state index in [0.717, 1.165) is 11.3 Å². The number of likely N-dealkylation sites (tertiary alicyclic amines) is 1. The predicted octanol–water partition coefficient (Wildman–Crippen LogP) is 3.32. The zero-order valence-corrected chi connectivity index (χ0v) is 16.8. The van der Waals surface area contributed by atoms with Gasteiger partial charge in [-0.25, -0.2) is 4.39 Å². The van der Waals surface area contributed by atoms with E-state index in [9.17, 15) is 14.0 Å². The van der Waals surface area contributed by atoms with E-state index in [2.05, 4.69) is 4.90 Å². The Kier molecular flexibility index (Phi) is 5.72. The van der Waals surface area contributed by atoms with Gasteiger partial charge in [-0.1, -0.05) is 29.8 Å². The SMILES string of the molecule is O=C([C@@H]1CCC(=O)N1Cc1ccccc1Cl)N1CCN(c2ccc(F)cc2)CC1. The lowest BCUT2D eigenvalue weighted by molar-refractivity contribution is -0.142. The van der Waals surface area contributed by atoms with Crippen molar-refractivity contribution >= 4 is 29.1 Å². The maximum Gasteiger partial charge on any atom is 0.245 e. The van der Waals surface area contributed by atoms with Crippen LogP contribution >= 0.6 is 11.6 Å². The Morgan fingerprint density at radius 1 is 1.03 bits per heavy atom. The van der Waals surface area contributed by atoms with Crippen LogP contribution in [0.25, 0.3) is 0 Å². The fourth-order valence-corrected chi connectivity index (χ4v) is 4.24. The topological polar surface area (TPSA) is 43.9 Å². The highest BCUT2D eigenvalue weighted by molar-refractivity contribution is 6.31. The van der Waals surface area contributed by atoms with Gasteiger partial charge in [0, 0.05) is 49.9 Å². The van der Waals surface area contributed by atoms with E-state index in [4.69, 9.17) is 11.6 Å². The van der Waals surface area contributed by atoms with Crippen LogP contribution in [0.5, 0.6) is 0 Å². The Labute approximate surface area is 174 Å². The molecule has 0 spiro atoms. The quantitative estimate of drug-likeness (QED) is 0.769. The minimum atomic E-state index is -0.434. The number of piperazine rings is 1. The first kappa shape index (κ1) is 19.7. The van der Waals surface area contributed by atoms with Crippen LogP contribution in [0.4, 0.5) is 10.1 Å². The number of rotatable bonds is 4. The van der Waals surface area contributed by atoms with Crippen LogP contribution in [0.15, 0.2) is 48.5 Å². The summed E-state index contributed by atoms with van der Waals surface area (Å²) in [5, 5.41) is 0.603. The molecular weight excluding hydrogens is 393 g/mol. The Morgan fingerprint density at radius 3 is 2.41 bits per heavy atom. The van der Waals surface area contributed by atoms with Crippen LogP contribution in [0.2, 0.25) is 5.02 Å². The van der Waals surface area contributed by atoms with Gasteiger partial charge in [-0.2, -0.15) is 0 Å². The summed E-state index contributed by atoms with van der Waals surface area (Å²) >= 11 is 6.25. The van der Waals surface area contributed by atoms with Crippen molar-refractivity contribution < 1.29 is 14.0 Å². The smallest absolute Gasteiger partial charge is 0.245 e. The van der Waals surface area contributed by atoms with Crippen molar-refractivity contribution in [1.82, 2.24) is 9.80 Å². The largest absolute Gasteiger partial charge is 0.368 e. The molecule has 2 saturated heterocycles. The molecule has 2 amide bonds. The van der Waals surface area contributed by atoms with Crippen LogP contribution < -0.4 is 4.90 Å². The van der Waals surface area contributed by atoms with Crippen LogP contribution in [-0.4, -0.2) is 53.8 Å². The highest BCUT2D eigenvalue weighted by Crippen LogP contribution is 2.26. The molecule has 0 N–H and O–H groups in total. The van der Waals surface area contributed by atoms with Crippen molar-refractivity contribution in [2.75, 3.05) is 31.1 Å². The predicted molar refractivity (Wildman–Crippen MR) is 110 cm³/mol. The van der Waals surface area contributed by atoms with Crippen LogP contribution in [0.1, 0.15) is 18.4 Å². The Morgan fingerprint density at radius 2 is 1.72 bits per heavy atom. The minimum absolute atomic E-state index is 0.00154. The van der Waals surface area contributed by atoms with Gasteiger partial charge in [-0.3, -0.25) is 9.59 Å². The van der Waals surface area contributed by atoms with Crippen molar-refractivity contribution in [2.24, 2.45) is 0 Å². The summed E-state index contributed by atoms with van der Waals surface area (Å²) in [7, 11) is 0. The van der Waals surface area contributed by atoms with Gasteiger partial charge in [0.05, 0.1) is 0 Å². The molecule has 29 heavy (non-hydrogen) atoms. The number of halogens is 2. The molecule has 0 radical (unpaired) electrons. The highest BCUT2D eigenvalue weighted by atomic mass is 35.5. The first-order chi connectivity index (χ1) is 14.0. The summed E-state index contributed by atoms with van der Waals surface area (Å²) in [6.07, 6.45) is 0.927. The summed E-state index contributed by atoms with van der Waals surface area (Å²) in [5.41, 5.74) is 1.80. The van der Waals surface area contributed by atoms with Crippen molar-refractivity contribution in [3.8, 4) is 0 Å². The van der Waals surface area contributed by atoms with Gasteiger partial charge in [0.2, 0.25) is 11.8 Å². The van der Waals surface area contributed by atoms with Crippen LogP contribution in [0.3, 0.4) is 0 Å². The first-order valence-electron chi connectivity index (χ1n) is 9.85. The number of hydrogen-bond acceptors (Lipinski definition) is 3. The fourth-order valence-electron chi connectivity index (χ4n) is 4.05. The molecule has 2 aromatic carbocycles. The Bertz CT molecular complexity index is 897. The number of anilines is 1. The third kappa shape index (κ3) is 4.22. The molecule has 2 fully saturated rings. The van der Waals surface area contributed by atoms with Gasteiger partial charge in [0.25, 0.3) is 0 Å². The van der Waals surface area contributed by atoms with Gasteiger partial charge in [0.1, 0.15) is 11.9 Å². The normalized spacial score (nSPS) is 19.7. The summed E-state index contributed by atoms with van der Waals surface area (Å²) in [5.74, 6) is -0.262. The molecule has 4 rings (SSSR count). The molecule has 2 heterocycles. The monoisotopic (exact) mass is 415 g/mol. The second kappa shape index (κ2) is 8.41. The molecule has 0 saturated carbocycles. The van der Waals surface area contributed by atoms with Crippen LogP contribution in [-0.2, 0) is 16.1 Å². The van der Waals surface area contributed by atoms with E-state index in [-0.39, 0.29) is 17.6 Å².